The summed E-state index contributed by atoms with van der Waals surface area (Å²) in [6.07, 6.45) is 4.88. The van der Waals surface area contributed by atoms with Gasteiger partial charge >= 0.3 is 5.97 Å². The summed E-state index contributed by atoms with van der Waals surface area (Å²) in [7, 11) is 1.18. The van der Waals surface area contributed by atoms with E-state index in [0.717, 1.165) is 5.52 Å². The summed E-state index contributed by atoms with van der Waals surface area (Å²) in [4.78, 5) is 28.3. The number of aromatic nitrogens is 2. The van der Waals surface area contributed by atoms with E-state index in [1.54, 1.807) is 18.5 Å². The average molecular weight is 205 g/mol. The van der Waals surface area contributed by atoms with E-state index in [0.29, 0.717) is 10.9 Å². The van der Waals surface area contributed by atoms with Crippen molar-refractivity contribution in [1.29, 1.82) is 0 Å². The molecular formula is C10H9N2O3+. The second-order valence-corrected chi connectivity index (χ2v) is 2.99. The zero-order valence-corrected chi connectivity index (χ0v) is 8.03. The van der Waals surface area contributed by atoms with Crippen LogP contribution in [0.15, 0.2) is 24.7 Å². The Balaban J connectivity index is 2.53. The van der Waals surface area contributed by atoms with E-state index in [1.807, 2.05) is 0 Å². The van der Waals surface area contributed by atoms with Crippen molar-refractivity contribution in [3.05, 3.63) is 30.2 Å². The van der Waals surface area contributed by atoms with Crippen molar-refractivity contribution in [2.24, 2.45) is 0 Å². The van der Waals surface area contributed by atoms with E-state index in [4.69, 9.17) is 0 Å². The Morgan fingerprint density at radius 1 is 1.47 bits per heavy atom. The molecule has 0 aliphatic rings. The minimum absolute atomic E-state index is 0.314. The molecule has 2 N–H and O–H groups in total. The summed E-state index contributed by atoms with van der Waals surface area (Å²) in [6.45, 7) is 0. The lowest BCUT2D eigenvalue weighted by atomic mass is 10.1. The van der Waals surface area contributed by atoms with Crippen LogP contribution < -0.4 is 4.98 Å². The van der Waals surface area contributed by atoms with Gasteiger partial charge in [-0.05, 0) is 0 Å². The molecule has 2 aromatic heterocycles. The third kappa shape index (κ3) is 1.48. The molecule has 0 saturated carbocycles. The minimum Gasteiger partial charge on any atom is -0.463 e. The summed E-state index contributed by atoms with van der Waals surface area (Å²) in [6, 6.07) is 1.78. The normalized spacial score (nSPS) is 10.2. The summed E-state index contributed by atoms with van der Waals surface area (Å²) in [5, 5.41) is 0.674. The molecule has 0 aromatic carbocycles. The van der Waals surface area contributed by atoms with Crippen LogP contribution >= 0.6 is 0 Å². The maximum atomic E-state index is 11.5. The Bertz CT molecular complexity index is 530. The first-order valence-electron chi connectivity index (χ1n) is 4.34. The minimum atomic E-state index is -0.861. The van der Waals surface area contributed by atoms with Crippen molar-refractivity contribution in [1.82, 2.24) is 4.98 Å². The predicted molar refractivity (Wildman–Crippen MR) is 51.2 cm³/mol. The van der Waals surface area contributed by atoms with Gasteiger partial charge in [0.25, 0.3) is 5.78 Å². The number of ketones is 1. The van der Waals surface area contributed by atoms with Crippen molar-refractivity contribution >= 4 is 22.7 Å². The molecule has 0 amide bonds. The number of rotatable bonds is 2. The maximum absolute atomic E-state index is 11.5. The van der Waals surface area contributed by atoms with Gasteiger partial charge in [-0.15, -0.1) is 0 Å². The van der Waals surface area contributed by atoms with Gasteiger partial charge in [0.05, 0.1) is 23.6 Å². The van der Waals surface area contributed by atoms with Crippen LogP contribution in [-0.4, -0.2) is 23.8 Å². The molecule has 15 heavy (non-hydrogen) atoms. The zero-order valence-electron chi connectivity index (χ0n) is 8.03. The maximum Gasteiger partial charge on any atom is 0.379 e. The number of aromatic amines is 2. The van der Waals surface area contributed by atoms with Gasteiger partial charge in [0.2, 0.25) is 0 Å². The van der Waals surface area contributed by atoms with E-state index < -0.39 is 11.8 Å². The molecule has 2 aromatic rings. The Hall–Kier alpha value is -2.17. The number of methoxy groups -OCH3 is 1. The van der Waals surface area contributed by atoms with Crippen molar-refractivity contribution in [2.75, 3.05) is 7.11 Å². The lowest BCUT2D eigenvalue weighted by molar-refractivity contribution is -0.375. The van der Waals surface area contributed by atoms with E-state index in [1.165, 1.54) is 13.3 Å². The van der Waals surface area contributed by atoms with Gasteiger partial charge in [0.15, 0.2) is 12.4 Å². The highest BCUT2D eigenvalue weighted by Crippen LogP contribution is 2.16. The predicted octanol–water partition coefficient (Wildman–Crippen LogP) is 0.338. The van der Waals surface area contributed by atoms with Crippen LogP contribution in [0.25, 0.3) is 10.9 Å². The molecule has 0 aliphatic carbocycles. The molecule has 0 spiro atoms. The molecular weight excluding hydrogens is 196 g/mol. The molecule has 0 fully saturated rings. The quantitative estimate of drug-likeness (QED) is 0.436. The first-order valence-corrected chi connectivity index (χ1v) is 4.34. The number of ether oxygens (including phenoxy) is 1. The molecule has 2 rings (SSSR count). The van der Waals surface area contributed by atoms with E-state index in [9.17, 15) is 9.59 Å². The molecule has 5 heteroatoms. The van der Waals surface area contributed by atoms with Gasteiger partial charge in [-0.2, -0.15) is 0 Å². The van der Waals surface area contributed by atoms with Crippen LogP contribution in [0.3, 0.4) is 0 Å². The third-order valence-corrected chi connectivity index (χ3v) is 2.14. The van der Waals surface area contributed by atoms with E-state index in [-0.39, 0.29) is 0 Å². The number of H-pyrrole nitrogens is 2. The molecule has 0 aliphatic heterocycles. The molecule has 5 nitrogen and oxygen atoms in total. The fourth-order valence-corrected chi connectivity index (χ4v) is 1.40. The molecule has 0 atom stereocenters. The van der Waals surface area contributed by atoms with Crippen LogP contribution in [-0.2, 0) is 9.53 Å². The highest BCUT2D eigenvalue weighted by atomic mass is 16.5. The molecule has 2 heterocycles. The second kappa shape index (κ2) is 3.53. The average Bonchev–Trinajstić information content (AvgIpc) is 2.70. The first kappa shape index (κ1) is 9.39. The SMILES string of the molecule is COC(=O)C(=O)c1c[nH]c2cc[nH+]cc12. The molecule has 76 valence electrons. The number of carbonyl (C=O) groups excluding carboxylic acids is 2. The van der Waals surface area contributed by atoms with Crippen LogP contribution in [0.1, 0.15) is 10.4 Å². The standard InChI is InChI=1S/C10H8N2O3/c1-15-10(14)9(13)7-5-12-8-2-3-11-4-6(7)8/h2-5,12H,1H3/p+1. The monoisotopic (exact) mass is 205 g/mol. The van der Waals surface area contributed by atoms with Crippen molar-refractivity contribution < 1.29 is 19.3 Å². The first-order chi connectivity index (χ1) is 7.24. The van der Waals surface area contributed by atoms with Gasteiger partial charge < -0.3 is 9.72 Å². The Morgan fingerprint density at radius 2 is 2.27 bits per heavy atom. The second-order valence-electron chi connectivity index (χ2n) is 2.99. The number of Topliss-reactive ketones (excluding diaryl/α,β-unsaturated/α-hetero) is 1. The topological polar surface area (TPSA) is 73.3 Å². The van der Waals surface area contributed by atoms with Crippen molar-refractivity contribution in [2.45, 2.75) is 0 Å². The third-order valence-electron chi connectivity index (χ3n) is 2.14. The molecule has 0 unspecified atom stereocenters. The zero-order chi connectivity index (χ0) is 10.8. The number of esters is 1. The number of hydrogen-bond donors (Lipinski definition) is 1. The fraction of sp³-hybridized carbons (Fsp3) is 0.100. The Morgan fingerprint density at radius 3 is 3.00 bits per heavy atom. The van der Waals surface area contributed by atoms with Crippen molar-refractivity contribution in [3.8, 4) is 0 Å². The fourth-order valence-electron chi connectivity index (χ4n) is 1.40. The van der Waals surface area contributed by atoms with E-state index >= 15 is 0 Å². The number of pyridine rings is 1. The summed E-state index contributed by atoms with van der Waals surface area (Å²) in [5.74, 6) is -1.51. The lowest BCUT2D eigenvalue weighted by Gasteiger charge is -1.94. The van der Waals surface area contributed by atoms with Crippen LogP contribution in [0, 0.1) is 0 Å². The van der Waals surface area contributed by atoms with Gasteiger partial charge in [-0.1, -0.05) is 0 Å². The van der Waals surface area contributed by atoms with Gasteiger partial charge in [0.1, 0.15) is 0 Å². The van der Waals surface area contributed by atoms with Gasteiger partial charge in [-0.25, -0.2) is 9.78 Å². The smallest absolute Gasteiger partial charge is 0.379 e. The number of nitrogens with one attached hydrogen (secondary N) is 2. The number of fused-ring (bicyclic) bond motifs is 1. The summed E-state index contributed by atoms with van der Waals surface area (Å²) >= 11 is 0. The Labute approximate surface area is 85.1 Å². The van der Waals surface area contributed by atoms with Crippen molar-refractivity contribution in [3.63, 3.8) is 0 Å². The highest BCUT2D eigenvalue weighted by molar-refractivity contribution is 6.42. The largest absolute Gasteiger partial charge is 0.463 e. The summed E-state index contributed by atoms with van der Waals surface area (Å²) in [5.41, 5.74) is 1.11. The number of hydrogen-bond acceptors (Lipinski definition) is 3. The van der Waals surface area contributed by atoms with Crippen LogP contribution in [0.2, 0.25) is 0 Å². The lowest BCUT2D eigenvalue weighted by Crippen LogP contribution is -2.15. The van der Waals surface area contributed by atoms with Crippen LogP contribution in [0.5, 0.6) is 0 Å². The summed E-state index contributed by atoms with van der Waals surface area (Å²) < 4.78 is 4.37. The van der Waals surface area contributed by atoms with Gasteiger partial charge in [0, 0.05) is 12.3 Å². The highest BCUT2D eigenvalue weighted by Gasteiger charge is 2.21. The number of carbonyl (C=O) groups is 2. The molecule has 0 radical (unpaired) electrons. The molecule has 0 saturated heterocycles. The van der Waals surface area contributed by atoms with Crippen LogP contribution in [0.4, 0.5) is 0 Å². The Kier molecular flexibility index (Phi) is 2.21. The molecule has 0 bridgehead atoms. The van der Waals surface area contributed by atoms with Gasteiger partial charge in [-0.3, -0.25) is 4.79 Å². The van der Waals surface area contributed by atoms with E-state index in [2.05, 4.69) is 14.7 Å².